The van der Waals surface area contributed by atoms with Crippen LogP contribution in [0.2, 0.25) is 5.15 Å². The zero-order chi connectivity index (χ0) is 12.1. The van der Waals surface area contributed by atoms with Crippen molar-refractivity contribution < 1.29 is 4.74 Å². The average Bonchev–Trinajstić information content (AvgIpc) is 2.38. The fourth-order valence-electron chi connectivity index (χ4n) is 1.46. The third-order valence-corrected chi connectivity index (χ3v) is 2.75. The third-order valence-electron chi connectivity index (χ3n) is 2.41. The van der Waals surface area contributed by atoms with Crippen molar-refractivity contribution in [1.29, 1.82) is 0 Å². The molecule has 2 aromatic rings. The molecular formula is C13H13ClN2O. The minimum Gasteiger partial charge on any atom is -0.497 e. The highest BCUT2D eigenvalue weighted by Crippen LogP contribution is 2.17. The van der Waals surface area contributed by atoms with Gasteiger partial charge in [-0.25, -0.2) is 4.98 Å². The number of hydrogen-bond donors (Lipinski definition) is 1. The van der Waals surface area contributed by atoms with Crippen molar-refractivity contribution >= 4 is 17.3 Å². The molecule has 0 spiro atoms. The van der Waals surface area contributed by atoms with Gasteiger partial charge in [0.15, 0.2) is 0 Å². The second kappa shape index (κ2) is 5.55. The fraction of sp³-hybridized carbons (Fsp3) is 0.154. The molecule has 3 nitrogen and oxygen atoms in total. The van der Waals surface area contributed by atoms with Gasteiger partial charge in [-0.2, -0.15) is 0 Å². The van der Waals surface area contributed by atoms with E-state index in [9.17, 15) is 0 Å². The molecule has 1 aromatic heterocycles. The number of halogens is 1. The van der Waals surface area contributed by atoms with Crippen LogP contribution < -0.4 is 10.1 Å². The van der Waals surface area contributed by atoms with E-state index in [0.717, 1.165) is 17.0 Å². The highest BCUT2D eigenvalue weighted by atomic mass is 35.5. The first-order chi connectivity index (χ1) is 8.29. The minimum absolute atomic E-state index is 0.536. The summed E-state index contributed by atoms with van der Waals surface area (Å²) < 4.78 is 5.09. The van der Waals surface area contributed by atoms with Crippen LogP contribution in [0.3, 0.4) is 0 Å². The van der Waals surface area contributed by atoms with Crippen LogP contribution in [-0.2, 0) is 6.54 Å². The average molecular weight is 249 g/mol. The SMILES string of the molecule is COc1ccc(NCc2cccnc2Cl)cc1. The highest BCUT2D eigenvalue weighted by Gasteiger charge is 2.00. The van der Waals surface area contributed by atoms with Crippen molar-refractivity contribution in [2.24, 2.45) is 0 Å². The Bertz CT molecular complexity index is 485. The van der Waals surface area contributed by atoms with Crippen LogP contribution in [0.4, 0.5) is 5.69 Å². The number of benzene rings is 1. The lowest BCUT2D eigenvalue weighted by molar-refractivity contribution is 0.415. The Morgan fingerprint density at radius 1 is 1.24 bits per heavy atom. The van der Waals surface area contributed by atoms with E-state index in [1.54, 1.807) is 13.3 Å². The molecule has 0 radical (unpaired) electrons. The zero-order valence-electron chi connectivity index (χ0n) is 9.48. The largest absolute Gasteiger partial charge is 0.497 e. The number of nitrogens with one attached hydrogen (secondary N) is 1. The van der Waals surface area contributed by atoms with E-state index in [1.807, 2.05) is 36.4 Å². The molecule has 2 rings (SSSR count). The molecule has 1 N–H and O–H groups in total. The molecule has 0 atom stereocenters. The normalized spacial score (nSPS) is 10.0. The van der Waals surface area contributed by atoms with Crippen LogP contribution in [0.5, 0.6) is 5.75 Å². The van der Waals surface area contributed by atoms with E-state index >= 15 is 0 Å². The summed E-state index contributed by atoms with van der Waals surface area (Å²) in [4.78, 5) is 4.02. The lowest BCUT2D eigenvalue weighted by Crippen LogP contribution is -2.00. The Hall–Kier alpha value is -1.74. The van der Waals surface area contributed by atoms with Crippen LogP contribution >= 0.6 is 11.6 Å². The summed E-state index contributed by atoms with van der Waals surface area (Å²) in [6.07, 6.45) is 1.68. The standard InChI is InChI=1S/C13H13ClN2O/c1-17-12-6-4-11(5-7-12)16-9-10-3-2-8-15-13(10)14/h2-8,16H,9H2,1H3. The van der Waals surface area contributed by atoms with Gasteiger partial charge in [0.2, 0.25) is 0 Å². The van der Waals surface area contributed by atoms with E-state index in [-0.39, 0.29) is 0 Å². The van der Waals surface area contributed by atoms with Gasteiger partial charge >= 0.3 is 0 Å². The first-order valence-corrected chi connectivity index (χ1v) is 5.64. The smallest absolute Gasteiger partial charge is 0.133 e. The summed E-state index contributed by atoms with van der Waals surface area (Å²) in [5.41, 5.74) is 2.00. The second-order valence-electron chi connectivity index (χ2n) is 3.54. The van der Waals surface area contributed by atoms with Crippen molar-refractivity contribution in [2.45, 2.75) is 6.54 Å². The van der Waals surface area contributed by atoms with Gasteiger partial charge in [-0.1, -0.05) is 17.7 Å². The number of rotatable bonds is 4. The molecule has 1 heterocycles. The molecule has 4 heteroatoms. The molecule has 17 heavy (non-hydrogen) atoms. The number of aromatic nitrogens is 1. The molecule has 1 aromatic carbocycles. The van der Waals surface area contributed by atoms with Gasteiger partial charge in [0, 0.05) is 24.0 Å². The van der Waals surface area contributed by atoms with Crippen molar-refractivity contribution in [3.05, 3.63) is 53.3 Å². The quantitative estimate of drug-likeness (QED) is 0.843. The van der Waals surface area contributed by atoms with Gasteiger partial charge in [0.05, 0.1) is 7.11 Å². The highest BCUT2D eigenvalue weighted by molar-refractivity contribution is 6.30. The molecule has 0 saturated carbocycles. The first-order valence-electron chi connectivity index (χ1n) is 5.27. The van der Waals surface area contributed by atoms with Crippen molar-refractivity contribution in [3.63, 3.8) is 0 Å². The molecular weight excluding hydrogens is 236 g/mol. The molecule has 0 saturated heterocycles. The lowest BCUT2D eigenvalue weighted by atomic mass is 10.2. The number of methoxy groups -OCH3 is 1. The van der Waals surface area contributed by atoms with Crippen LogP contribution in [0.1, 0.15) is 5.56 Å². The van der Waals surface area contributed by atoms with Gasteiger partial charge < -0.3 is 10.1 Å². The maximum atomic E-state index is 5.97. The Kier molecular flexibility index (Phi) is 3.83. The topological polar surface area (TPSA) is 34.1 Å². The Labute approximate surface area is 105 Å². The van der Waals surface area contributed by atoms with E-state index in [2.05, 4.69) is 10.3 Å². The predicted molar refractivity (Wildman–Crippen MR) is 69.6 cm³/mol. The summed E-state index contributed by atoms with van der Waals surface area (Å²) >= 11 is 5.97. The van der Waals surface area contributed by atoms with E-state index in [0.29, 0.717) is 11.7 Å². The van der Waals surface area contributed by atoms with Crippen molar-refractivity contribution in [1.82, 2.24) is 4.98 Å². The summed E-state index contributed by atoms with van der Waals surface area (Å²) in [5.74, 6) is 0.843. The van der Waals surface area contributed by atoms with Gasteiger partial charge in [-0.05, 0) is 30.3 Å². The van der Waals surface area contributed by atoms with Crippen molar-refractivity contribution in [3.8, 4) is 5.75 Å². The molecule has 88 valence electrons. The zero-order valence-corrected chi connectivity index (χ0v) is 10.2. The predicted octanol–water partition coefficient (Wildman–Crippen LogP) is 3.36. The van der Waals surface area contributed by atoms with Crippen molar-refractivity contribution in [2.75, 3.05) is 12.4 Å². The number of nitrogens with zero attached hydrogens (tertiary/aromatic N) is 1. The maximum absolute atomic E-state index is 5.97. The summed E-state index contributed by atoms with van der Waals surface area (Å²) in [7, 11) is 1.65. The van der Waals surface area contributed by atoms with Crippen LogP contribution in [-0.4, -0.2) is 12.1 Å². The monoisotopic (exact) mass is 248 g/mol. The summed E-state index contributed by atoms with van der Waals surface area (Å²) in [6, 6.07) is 11.6. The molecule has 0 aliphatic rings. The summed E-state index contributed by atoms with van der Waals surface area (Å²) in [5, 5.41) is 3.81. The third kappa shape index (κ3) is 3.11. The lowest BCUT2D eigenvalue weighted by Gasteiger charge is -2.08. The molecule has 0 amide bonds. The van der Waals surface area contributed by atoms with Crippen LogP contribution in [0.25, 0.3) is 0 Å². The molecule has 0 fully saturated rings. The van der Waals surface area contributed by atoms with E-state index < -0.39 is 0 Å². The summed E-state index contributed by atoms with van der Waals surface area (Å²) in [6.45, 7) is 0.652. The fourth-order valence-corrected chi connectivity index (χ4v) is 1.64. The molecule has 0 aliphatic heterocycles. The number of hydrogen-bond acceptors (Lipinski definition) is 3. The number of pyridine rings is 1. The number of ether oxygens (including phenoxy) is 1. The van der Waals surface area contributed by atoms with E-state index in [1.165, 1.54) is 0 Å². The second-order valence-corrected chi connectivity index (χ2v) is 3.89. The number of anilines is 1. The maximum Gasteiger partial charge on any atom is 0.133 e. The minimum atomic E-state index is 0.536. The Morgan fingerprint density at radius 3 is 2.65 bits per heavy atom. The van der Waals surface area contributed by atoms with Gasteiger partial charge in [0.1, 0.15) is 10.9 Å². The van der Waals surface area contributed by atoms with Gasteiger partial charge in [0.25, 0.3) is 0 Å². The van der Waals surface area contributed by atoms with Crippen LogP contribution in [0.15, 0.2) is 42.6 Å². The Morgan fingerprint density at radius 2 is 2.00 bits per heavy atom. The van der Waals surface area contributed by atoms with E-state index in [4.69, 9.17) is 16.3 Å². The van der Waals surface area contributed by atoms with Gasteiger partial charge in [-0.3, -0.25) is 0 Å². The Balaban J connectivity index is 2.00. The molecule has 0 unspecified atom stereocenters. The first kappa shape index (κ1) is 11.7. The van der Waals surface area contributed by atoms with Crippen LogP contribution in [0, 0.1) is 0 Å². The molecule has 0 aliphatic carbocycles. The molecule has 0 bridgehead atoms. The van der Waals surface area contributed by atoms with Gasteiger partial charge in [-0.15, -0.1) is 0 Å².